The molecule has 0 aliphatic carbocycles. The maximum atomic E-state index is 5.79. The van der Waals surface area contributed by atoms with Crippen LogP contribution in [0.2, 0.25) is 5.15 Å². The normalized spacial score (nSPS) is 10.5. The van der Waals surface area contributed by atoms with Gasteiger partial charge in [-0.05, 0) is 34.1 Å². The summed E-state index contributed by atoms with van der Waals surface area (Å²) in [4.78, 5) is 8.15. The third-order valence-corrected chi connectivity index (χ3v) is 2.62. The lowest BCUT2D eigenvalue weighted by atomic mass is 10.3. The van der Waals surface area contributed by atoms with Crippen LogP contribution in [-0.4, -0.2) is 9.97 Å². The lowest BCUT2D eigenvalue weighted by Gasteiger charge is -1.97. The predicted molar refractivity (Wildman–Crippen MR) is 52.2 cm³/mol. The van der Waals surface area contributed by atoms with Crippen molar-refractivity contribution in [2.75, 3.05) is 0 Å². The molecule has 2 heterocycles. The van der Waals surface area contributed by atoms with Gasteiger partial charge in [-0.25, -0.2) is 9.97 Å². The molecule has 0 unspecified atom stereocenters. The highest BCUT2D eigenvalue weighted by molar-refractivity contribution is 9.10. The molecule has 0 saturated heterocycles. The molecule has 0 amide bonds. The van der Waals surface area contributed by atoms with Crippen molar-refractivity contribution in [1.82, 2.24) is 9.97 Å². The maximum Gasteiger partial charge on any atom is 0.160 e. The number of halogens is 2. The monoisotopic (exact) mass is 242 g/mol. The molecule has 2 rings (SSSR count). The Kier molecular flexibility index (Phi) is 1.98. The first-order chi connectivity index (χ1) is 5.77. The summed E-state index contributed by atoms with van der Waals surface area (Å²) in [5.74, 6) is 0. The summed E-state index contributed by atoms with van der Waals surface area (Å²) in [5.41, 5.74) is 0.672. The van der Waals surface area contributed by atoms with Crippen LogP contribution in [0.25, 0.3) is 11.0 Å². The van der Waals surface area contributed by atoms with Gasteiger partial charge in [-0.1, -0.05) is 11.6 Å². The molecule has 0 radical (unpaired) electrons. The summed E-state index contributed by atoms with van der Waals surface area (Å²) in [7, 11) is 0. The predicted octanol–water partition coefficient (Wildman–Crippen LogP) is 3.05. The number of pyridine rings is 2. The Hall–Kier alpha value is -0.670. The molecule has 60 valence electrons. The second kappa shape index (κ2) is 2.99. The van der Waals surface area contributed by atoms with Crippen LogP contribution < -0.4 is 0 Å². The first-order valence-electron chi connectivity index (χ1n) is 3.34. The molecule has 12 heavy (non-hydrogen) atoms. The van der Waals surface area contributed by atoms with E-state index in [-0.39, 0.29) is 0 Å². The molecule has 4 heteroatoms. The van der Waals surface area contributed by atoms with E-state index < -0.39 is 0 Å². The number of nitrogens with zero attached hydrogens (tertiary/aromatic N) is 2. The van der Waals surface area contributed by atoms with Gasteiger partial charge in [-0.3, -0.25) is 0 Å². The summed E-state index contributed by atoms with van der Waals surface area (Å²) in [6.07, 6.45) is 1.69. The maximum absolute atomic E-state index is 5.79. The summed E-state index contributed by atoms with van der Waals surface area (Å²) < 4.78 is 0.796. The van der Waals surface area contributed by atoms with Crippen molar-refractivity contribution in [3.63, 3.8) is 0 Å². The van der Waals surface area contributed by atoms with Crippen LogP contribution in [-0.2, 0) is 0 Å². The molecule has 0 N–H and O–H groups in total. The highest BCUT2D eigenvalue weighted by Gasteiger charge is 2.01. The second-order valence-electron chi connectivity index (χ2n) is 2.31. The Morgan fingerprint density at radius 2 is 2.25 bits per heavy atom. The molecule has 2 aromatic heterocycles. The first kappa shape index (κ1) is 7.95. The van der Waals surface area contributed by atoms with Gasteiger partial charge in [0.25, 0.3) is 0 Å². The number of fused-ring (bicyclic) bond motifs is 1. The highest BCUT2D eigenvalue weighted by atomic mass is 79.9. The van der Waals surface area contributed by atoms with E-state index >= 15 is 0 Å². The number of rotatable bonds is 0. The molecule has 0 atom stereocenters. The second-order valence-corrected chi connectivity index (χ2v) is 3.52. The average Bonchev–Trinajstić information content (AvgIpc) is 2.07. The van der Waals surface area contributed by atoms with E-state index in [2.05, 4.69) is 25.9 Å². The van der Waals surface area contributed by atoms with E-state index in [0.29, 0.717) is 10.8 Å². The van der Waals surface area contributed by atoms with E-state index in [1.165, 1.54) is 0 Å². The van der Waals surface area contributed by atoms with Gasteiger partial charge in [0.2, 0.25) is 0 Å². The average molecular weight is 243 g/mol. The molecule has 2 nitrogen and oxygen atoms in total. The van der Waals surface area contributed by atoms with Gasteiger partial charge in [0.05, 0.1) is 4.47 Å². The zero-order valence-corrected chi connectivity index (χ0v) is 8.30. The molecule has 0 bridgehead atoms. The van der Waals surface area contributed by atoms with Crippen LogP contribution >= 0.6 is 27.5 Å². The van der Waals surface area contributed by atoms with Gasteiger partial charge in [0.15, 0.2) is 5.65 Å². The van der Waals surface area contributed by atoms with Crippen molar-refractivity contribution in [3.05, 3.63) is 34.0 Å². The lowest BCUT2D eigenvalue weighted by Crippen LogP contribution is -1.83. The molecular formula is C8H4BrClN2. The minimum absolute atomic E-state index is 0.446. The third kappa shape index (κ3) is 1.30. The standard InChI is InChI=1S/C8H4BrClN2/c9-6-4-5-2-1-3-11-8(5)12-7(6)10/h1-4H. The van der Waals surface area contributed by atoms with Gasteiger partial charge in [0, 0.05) is 11.6 Å². The molecule has 0 aromatic carbocycles. The van der Waals surface area contributed by atoms with Gasteiger partial charge >= 0.3 is 0 Å². The zero-order chi connectivity index (χ0) is 8.55. The van der Waals surface area contributed by atoms with E-state index in [0.717, 1.165) is 9.86 Å². The minimum Gasteiger partial charge on any atom is -0.237 e. The Bertz CT molecular complexity index is 390. The molecule has 2 aromatic rings. The number of hydrogen-bond acceptors (Lipinski definition) is 2. The van der Waals surface area contributed by atoms with Crippen LogP contribution in [0.5, 0.6) is 0 Å². The van der Waals surface area contributed by atoms with E-state index in [1.807, 2.05) is 18.2 Å². The fourth-order valence-corrected chi connectivity index (χ4v) is 1.43. The largest absolute Gasteiger partial charge is 0.237 e. The van der Waals surface area contributed by atoms with E-state index in [4.69, 9.17) is 11.6 Å². The van der Waals surface area contributed by atoms with Crippen molar-refractivity contribution in [1.29, 1.82) is 0 Å². The summed E-state index contributed by atoms with van der Waals surface area (Å²) in [6, 6.07) is 5.71. The summed E-state index contributed by atoms with van der Waals surface area (Å²) in [5, 5.41) is 1.43. The Morgan fingerprint density at radius 3 is 3.08 bits per heavy atom. The highest BCUT2D eigenvalue weighted by Crippen LogP contribution is 2.23. The van der Waals surface area contributed by atoms with Crippen LogP contribution in [0.3, 0.4) is 0 Å². The molecule has 0 spiro atoms. The van der Waals surface area contributed by atoms with Crippen LogP contribution in [0, 0.1) is 0 Å². The van der Waals surface area contributed by atoms with Crippen molar-refractivity contribution in [2.24, 2.45) is 0 Å². The SMILES string of the molecule is Clc1nc2ncccc2cc1Br. The minimum atomic E-state index is 0.446. The van der Waals surface area contributed by atoms with Crippen molar-refractivity contribution >= 4 is 38.6 Å². The Morgan fingerprint density at radius 1 is 1.42 bits per heavy atom. The third-order valence-electron chi connectivity index (χ3n) is 1.50. The smallest absolute Gasteiger partial charge is 0.160 e. The molecule has 0 aliphatic heterocycles. The quantitative estimate of drug-likeness (QED) is 0.665. The fraction of sp³-hybridized carbons (Fsp3) is 0. The van der Waals surface area contributed by atoms with Crippen molar-refractivity contribution in [3.8, 4) is 0 Å². The van der Waals surface area contributed by atoms with Gasteiger partial charge in [-0.15, -0.1) is 0 Å². The Labute approximate surface area is 82.7 Å². The number of hydrogen-bond donors (Lipinski definition) is 0. The molecular weight excluding hydrogens is 239 g/mol. The lowest BCUT2D eigenvalue weighted by molar-refractivity contribution is 1.28. The van der Waals surface area contributed by atoms with E-state index in [9.17, 15) is 0 Å². The van der Waals surface area contributed by atoms with E-state index in [1.54, 1.807) is 6.20 Å². The van der Waals surface area contributed by atoms with Crippen molar-refractivity contribution in [2.45, 2.75) is 0 Å². The number of aromatic nitrogens is 2. The van der Waals surface area contributed by atoms with Gasteiger partial charge < -0.3 is 0 Å². The van der Waals surface area contributed by atoms with Gasteiger partial charge in [-0.2, -0.15) is 0 Å². The molecule has 0 saturated carbocycles. The first-order valence-corrected chi connectivity index (χ1v) is 4.51. The summed E-state index contributed by atoms with van der Waals surface area (Å²) in [6.45, 7) is 0. The Balaban J connectivity index is 2.84. The molecule has 0 aliphatic rings. The van der Waals surface area contributed by atoms with Crippen LogP contribution in [0.4, 0.5) is 0 Å². The topological polar surface area (TPSA) is 25.8 Å². The molecule has 0 fully saturated rings. The van der Waals surface area contributed by atoms with Crippen molar-refractivity contribution < 1.29 is 0 Å². The van der Waals surface area contributed by atoms with Crippen LogP contribution in [0.1, 0.15) is 0 Å². The summed E-state index contributed by atoms with van der Waals surface area (Å²) >= 11 is 9.08. The fourth-order valence-electron chi connectivity index (χ4n) is 0.958. The van der Waals surface area contributed by atoms with Crippen LogP contribution in [0.15, 0.2) is 28.9 Å². The van der Waals surface area contributed by atoms with Gasteiger partial charge in [0.1, 0.15) is 5.15 Å². The zero-order valence-electron chi connectivity index (χ0n) is 5.96.